The van der Waals surface area contributed by atoms with Crippen LogP contribution < -0.4 is 0 Å². The molecule has 108 valence electrons. The van der Waals surface area contributed by atoms with Crippen molar-refractivity contribution in [3.63, 3.8) is 0 Å². The summed E-state index contributed by atoms with van der Waals surface area (Å²) in [7, 11) is 0. The molecule has 1 aliphatic carbocycles. The summed E-state index contributed by atoms with van der Waals surface area (Å²) in [6.07, 6.45) is 3.12. The minimum Gasteiger partial charge on any atom is -0.391 e. The van der Waals surface area contributed by atoms with Crippen molar-refractivity contribution in [2.45, 2.75) is 73.0 Å². The van der Waals surface area contributed by atoms with E-state index >= 15 is 0 Å². The summed E-state index contributed by atoms with van der Waals surface area (Å²) in [5, 5.41) is 10.4. The van der Waals surface area contributed by atoms with Crippen LogP contribution >= 0.6 is 0 Å². The molecular weight excluding hydrogens is 222 g/mol. The van der Waals surface area contributed by atoms with Gasteiger partial charge in [0.25, 0.3) is 0 Å². The molecule has 0 heterocycles. The Morgan fingerprint density at radius 2 is 1.61 bits per heavy atom. The van der Waals surface area contributed by atoms with Crippen LogP contribution in [0.2, 0.25) is 0 Å². The number of aliphatic hydroxyl groups is 1. The fourth-order valence-electron chi connectivity index (χ4n) is 3.19. The van der Waals surface area contributed by atoms with E-state index in [-0.39, 0.29) is 6.10 Å². The molecule has 0 amide bonds. The van der Waals surface area contributed by atoms with Gasteiger partial charge in [0.1, 0.15) is 0 Å². The minimum absolute atomic E-state index is 0.129. The molecule has 2 nitrogen and oxygen atoms in total. The highest BCUT2D eigenvalue weighted by Crippen LogP contribution is 2.37. The summed E-state index contributed by atoms with van der Waals surface area (Å²) in [6.45, 7) is 16.0. The van der Waals surface area contributed by atoms with Gasteiger partial charge in [0, 0.05) is 19.1 Å². The van der Waals surface area contributed by atoms with E-state index in [4.69, 9.17) is 0 Å². The van der Waals surface area contributed by atoms with Crippen LogP contribution in [0.1, 0.15) is 60.8 Å². The zero-order chi connectivity index (χ0) is 13.9. The topological polar surface area (TPSA) is 23.5 Å². The standard InChI is InChI=1S/C16H33NO/c1-12(2)10-17(11-13(3)4)14-9-16(5,6)8-7-15(14)18/h12-15,18H,7-11H2,1-6H3. The van der Waals surface area contributed by atoms with E-state index in [0.717, 1.165) is 32.4 Å². The average molecular weight is 255 g/mol. The monoisotopic (exact) mass is 255 g/mol. The van der Waals surface area contributed by atoms with Crippen molar-refractivity contribution in [1.82, 2.24) is 4.90 Å². The molecule has 1 aliphatic rings. The molecular formula is C16H33NO. The third-order valence-corrected chi connectivity index (χ3v) is 3.99. The van der Waals surface area contributed by atoms with Crippen molar-refractivity contribution in [3.8, 4) is 0 Å². The Labute approximate surface area is 114 Å². The molecule has 1 N–H and O–H groups in total. The maximum Gasteiger partial charge on any atom is 0.0695 e. The molecule has 1 saturated carbocycles. The van der Waals surface area contributed by atoms with E-state index in [1.165, 1.54) is 0 Å². The first-order valence-corrected chi connectivity index (χ1v) is 7.63. The highest BCUT2D eigenvalue weighted by molar-refractivity contribution is 4.91. The number of aliphatic hydroxyl groups excluding tert-OH is 1. The molecule has 2 atom stereocenters. The average Bonchev–Trinajstić information content (AvgIpc) is 2.19. The lowest BCUT2D eigenvalue weighted by Crippen LogP contribution is -2.51. The zero-order valence-electron chi connectivity index (χ0n) is 13.2. The highest BCUT2D eigenvalue weighted by Gasteiger charge is 2.37. The molecule has 0 aromatic carbocycles. The van der Waals surface area contributed by atoms with Crippen LogP contribution in [-0.4, -0.2) is 35.2 Å². The van der Waals surface area contributed by atoms with Gasteiger partial charge in [-0.05, 0) is 36.5 Å². The van der Waals surface area contributed by atoms with Crippen LogP contribution in [0.5, 0.6) is 0 Å². The van der Waals surface area contributed by atoms with E-state index in [2.05, 4.69) is 46.4 Å². The van der Waals surface area contributed by atoms with E-state index in [1.54, 1.807) is 0 Å². The highest BCUT2D eigenvalue weighted by atomic mass is 16.3. The van der Waals surface area contributed by atoms with Gasteiger partial charge in [-0.25, -0.2) is 0 Å². The predicted molar refractivity (Wildman–Crippen MR) is 78.7 cm³/mol. The van der Waals surface area contributed by atoms with Gasteiger partial charge in [0.2, 0.25) is 0 Å². The second-order valence-corrected chi connectivity index (χ2v) is 7.78. The van der Waals surface area contributed by atoms with Gasteiger partial charge >= 0.3 is 0 Å². The Morgan fingerprint density at radius 3 is 2.06 bits per heavy atom. The maximum absolute atomic E-state index is 10.4. The first-order valence-electron chi connectivity index (χ1n) is 7.63. The van der Waals surface area contributed by atoms with Crippen LogP contribution in [0.15, 0.2) is 0 Å². The summed E-state index contributed by atoms with van der Waals surface area (Å²) in [6, 6.07) is 0.360. The summed E-state index contributed by atoms with van der Waals surface area (Å²) < 4.78 is 0. The lowest BCUT2D eigenvalue weighted by molar-refractivity contribution is -0.0251. The fourth-order valence-corrected chi connectivity index (χ4v) is 3.19. The molecule has 1 fully saturated rings. The Kier molecular flexibility index (Phi) is 5.67. The molecule has 2 heteroatoms. The fraction of sp³-hybridized carbons (Fsp3) is 1.00. The van der Waals surface area contributed by atoms with Crippen molar-refractivity contribution in [3.05, 3.63) is 0 Å². The molecule has 1 rings (SSSR count). The lowest BCUT2D eigenvalue weighted by Gasteiger charge is -2.45. The Balaban J connectivity index is 2.74. The van der Waals surface area contributed by atoms with Crippen molar-refractivity contribution < 1.29 is 5.11 Å². The summed E-state index contributed by atoms with van der Waals surface area (Å²) in [4.78, 5) is 2.54. The molecule has 0 bridgehead atoms. The van der Waals surface area contributed by atoms with E-state index in [0.29, 0.717) is 23.3 Å². The largest absolute Gasteiger partial charge is 0.391 e. The second-order valence-electron chi connectivity index (χ2n) is 7.78. The summed E-state index contributed by atoms with van der Waals surface area (Å²) in [5.41, 5.74) is 0.385. The van der Waals surface area contributed by atoms with E-state index in [9.17, 15) is 5.11 Å². The SMILES string of the molecule is CC(C)CN(CC(C)C)C1CC(C)(C)CCC1O. The number of nitrogens with zero attached hydrogens (tertiary/aromatic N) is 1. The molecule has 0 aromatic rings. The lowest BCUT2D eigenvalue weighted by atomic mass is 9.73. The first-order chi connectivity index (χ1) is 8.21. The van der Waals surface area contributed by atoms with Gasteiger partial charge in [-0.2, -0.15) is 0 Å². The quantitative estimate of drug-likeness (QED) is 0.812. The zero-order valence-corrected chi connectivity index (χ0v) is 13.2. The minimum atomic E-state index is -0.129. The smallest absolute Gasteiger partial charge is 0.0695 e. The second kappa shape index (κ2) is 6.38. The van der Waals surface area contributed by atoms with Crippen molar-refractivity contribution in [2.24, 2.45) is 17.3 Å². The Morgan fingerprint density at radius 1 is 1.11 bits per heavy atom. The first kappa shape index (κ1) is 16.0. The number of hydrogen-bond acceptors (Lipinski definition) is 2. The third kappa shape index (κ3) is 4.89. The van der Waals surface area contributed by atoms with Crippen LogP contribution in [0.4, 0.5) is 0 Å². The van der Waals surface area contributed by atoms with Crippen LogP contribution in [0, 0.1) is 17.3 Å². The maximum atomic E-state index is 10.4. The molecule has 0 aliphatic heterocycles. The van der Waals surface area contributed by atoms with E-state index < -0.39 is 0 Å². The predicted octanol–water partition coefficient (Wildman–Crippen LogP) is 3.54. The van der Waals surface area contributed by atoms with Gasteiger partial charge in [0.15, 0.2) is 0 Å². The third-order valence-electron chi connectivity index (χ3n) is 3.99. The number of rotatable bonds is 5. The molecule has 18 heavy (non-hydrogen) atoms. The van der Waals surface area contributed by atoms with Crippen molar-refractivity contribution >= 4 is 0 Å². The van der Waals surface area contributed by atoms with Crippen molar-refractivity contribution in [1.29, 1.82) is 0 Å². The van der Waals surface area contributed by atoms with Gasteiger partial charge < -0.3 is 5.11 Å². The molecule has 0 radical (unpaired) electrons. The number of hydrogen-bond donors (Lipinski definition) is 1. The summed E-state index contributed by atoms with van der Waals surface area (Å²) >= 11 is 0. The van der Waals surface area contributed by atoms with Crippen LogP contribution in [0.3, 0.4) is 0 Å². The Bertz CT molecular complexity index is 237. The molecule has 0 aromatic heterocycles. The normalized spacial score (nSPS) is 28.3. The van der Waals surface area contributed by atoms with Crippen LogP contribution in [-0.2, 0) is 0 Å². The molecule has 0 spiro atoms. The summed E-state index contributed by atoms with van der Waals surface area (Å²) in [5.74, 6) is 1.34. The molecule has 0 saturated heterocycles. The molecule has 2 unspecified atom stereocenters. The van der Waals surface area contributed by atoms with Crippen LogP contribution in [0.25, 0.3) is 0 Å². The van der Waals surface area contributed by atoms with Gasteiger partial charge in [0.05, 0.1) is 6.10 Å². The van der Waals surface area contributed by atoms with Gasteiger partial charge in [-0.15, -0.1) is 0 Å². The van der Waals surface area contributed by atoms with Gasteiger partial charge in [-0.3, -0.25) is 4.90 Å². The Hall–Kier alpha value is -0.0800. The van der Waals surface area contributed by atoms with E-state index in [1.807, 2.05) is 0 Å². The van der Waals surface area contributed by atoms with Gasteiger partial charge in [-0.1, -0.05) is 41.5 Å². The van der Waals surface area contributed by atoms with Crippen molar-refractivity contribution in [2.75, 3.05) is 13.1 Å².